The average molecular weight is 444 g/mol. The van der Waals surface area contributed by atoms with E-state index in [1.807, 2.05) is 29.9 Å². The first-order valence-electron chi connectivity index (χ1n) is 10.1. The van der Waals surface area contributed by atoms with Crippen molar-refractivity contribution in [2.75, 3.05) is 6.61 Å². The summed E-state index contributed by atoms with van der Waals surface area (Å²) in [4.78, 5) is 16.5. The fourth-order valence-electron chi connectivity index (χ4n) is 3.50. The maximum atomic E-state index is 13.2. The van der Waals surface area contributed by atoms with Crippen molar-refractivity contribution in [3.8, 4) is 17.2 Å². The van der Waals surface area contributed by atoms with Crippen LogP contribution in [0, 0.1) is 0 Å². The number of fused-ring (bicyclic) bond motifs is 1. The lowest BCUT2D eigenvalue weighted by molar-refractivity contribution is -0.286. The van der Waals surface area contributed by atoms with E-state index >= 15 is 0 Å². The molecule has 0 bridgehead atoms. The van der Waals surface area contributed by atoms with Crippen LogP contribution >= 0.6 is 0 Å². The Hall–Kier alpha value is -3.62. The van der Waals surface area contributed by atoms with Crippen LogP contribution in [0.3, 0.4) is 0 Å². The van der Waals surface area contributed by atoms with Crippen LogP contribution in [0.2, 0.25) is 0 Å². The van der Waals surface area contributed by atoms with E-state index in [2.05, 4.69) is 14.5 Å². The number of nitrogens with zero attached hydrogens (tertiary/aromatic N) is 2. The highest BCUT2D eigenvalue weighted by Gasteiger charge is 2.43. The van der Waals surface area contributed by atoms with Crippen LogP contribution in [0.4, 0.5) is 8.78 Å². The molecule has 3 aromatic rings. The van der Waals surface area contributed by atoms with Crippen LogP contribution in [0.25, 0.3) is 0 Å². The molecule has 0 saturated heterocycles. The number of aryl methyl sites for hydroxylation is 1. The SMILES string of the molecule is CCOC(=O)CC(c1ccc(OCc2ccc3c(c2)OC(F)(F)O3)cc1)c1nccn1C. The zero-order chi connectivity index (χ0) is 22.7. The van der Waals surface area contributed by atoms with Crippen molar-refractivity contribution in [3.63, 3.8) is 0 Å². The van der Waals surface area contributed by atoms with Crippen LogP contribution in [0.15, 0.2) is 54.9 Å². The van der Waals surface area contributed by atoms with Crippen molar-refractivity contribution < 1.29 is 32.5 Å². The van der Waals surface area contributed by atoms with Gasteiger partial charge in [0.05, 0.1) is 18.9 Å². The molecule has 0 spiro atoms. The van der Waals surface area contributed by atoms with E-state index in [1.165, 1.54) is 12.1 Å². The fraction of sp³-hybridized carbons (Fsp3) is 0.304. The molecular weight excluding hydrogens is 422 g/mol. The van der Waals surface area contributed by atoms with Gasteiger partial charge in [0.15, 0.2) is 11.5 Å². The summed E-state index contributed by atoms with van der Waals surface area (Å²) in [6, 6.07) is 11.8. The molecule has 1 unspecified atom stereocenters. The number of halogens is 2. The van der Waals surface area contributed by atoms with Crippen LogP contribution in [0.1, 0.15) is 36.2 Å². The van der Waals surface area contributed by atoms with Gasteiger partial charge in [0.2, 0.25) is 0 Å². The number of hydrogen-bond donors (Lipinski definition) is 0. The number of hydrogen-bond acceptors (Lipinski definition) is 6. The lowest BCUT2D eigenvalue weighted by atomic mass is 9.94. The minimum atomic E-state index is -3.65. The fourth-order valence-corrected chi connectivity index (χ4v) is 3.50. The van der Waals surface area contributed by atoms with Gasteiger partial charge in [-0.15, -0.1) is 8.78 Å². The monoisotopic (exact) mass is 444 g/mol. The molecule has 1 aliphatic heterocycles. The highest BCUT2D eigenvalue weighted by molar-refractivity contribution is 5.71. The molecule has 0 amide bonds. The molecule has 2 aromatic carbocycles. The molecule has 7 nitrogen and oxygen atoms in total. The first kappa shape index (κ1) is 21.6. The van der Waals surface area contributed by atoms with Crippen molar-refractivity contribution in [3.05, 3.63) is 71.8 Å². The molecule has 2 heterocycles. The summed E-state index contributed by atoms with van der Waals surface area (Å²) in [6.45, 7) is 2.25. The Kier molecular flexibility index (Phi) is 5.98. The van der Waals surface area contributed by atoms with E-state index < -0.39 is 6.29 Å². The summed E-state index contributed by atoms with van der Waals surface area (Å²) in [7, 11) is 1.87. The van der Waals surface area contributed by atoms with E-state index in [0.717, 1.165) is 11.4 Å². The average Bonchev–Trinajstić information content (AvgIpc) is 3.31. The topological polar surface area (TPSA) is 71.8 Å². The van der Waals surface area contributed by atoms with Crippen LogP contribution < -0.4 is 14.2 Å². The Balaban J connectivity index is 1.45. The van der Waals surface area contributed by atoms with Gasteiger partial charge in [-0.05, 0) is 42.3 Å². The summed E-state index contributed by atoms with van der Waals surface area (Å²) in [5.74, 6) is 0.747. The first-order chi connectivity index (χ1) is 15.3. The largest absolute Gasteiger partial charge is 0.586 e. The lowest BCUT2D eigenvalue weighted by Gasteiger charge is -2.17. The van der Waals surface area contributed by atoms with Gasteiger partial charge >= 0.3 is 12.3 Å². The highest BCUT2D eigenvalue weighted by Crippen LogP contribution is 2.41. The molecule has 1 atom stereocenters. The molecule has 168 valence electrons. The molecule has 1 aromatic heterocycles. The van der Waals surface area contributed by atoms with Gasteiger partial charge in [-0.25, -0.2) is 4.98 Å². The van der Waals surface area contributed by atoms with Crippen molar-refractivity contribution in [2.45, 2.75) is 32.2 Å². The minimum Gasteiger partial charge on any atom is -0.489 e. The minimum absolute atomic E-state index is 0.00923. The van der Waals surface area contributed by atoms with Crippen molar-refractivity contribution in [1.29, 1.82) is 0 Å². The molecule has 0 fully saturated rings. The second-order valence-corrected chi connectivity index (χ2v) is 7.26. The molecular formula is C23H22F2N2O5. The number of esters is 1. The molecule has 9 heteroatoms. The maximum Gasteiger partial charge on any atom is 0.586 e. The summed E-state index contributed by atoms with van der Waals surface area (Å²) in [5.41, 5.74) is 1.55. The Morgan fingerprint density at radius 2 is 1.91 bits per heavy atom. The Bertz CT molecular complexity index is 1100. The molecule has 0 saturated carbocycles. The van der Waals surface area contributed by atoms with E-state index in [4.69, 9.17) is 9.47 Å². The second kappa shape index (κ2) is 8.86. The van der Waals surface area contributed by atoms with Gasteiger partial charge in [0.1, 0.15) is 18.2 Å². The van der Waals surface area contributed by atoms with Crippen LogP contribution in [-0.4, -0.2) is 28.4 Å². The van der Waals surface area contributed by atoms with E-state index in [1.54, 1.807) is 31.3 Å². The predicted molar refractivity (Wildman–Crippen MR) is 110 cm³/mol. The standard InChI is InChI=1S/C23H22F2N2O5/c1-3-29-21(28)13-18(22-26-10-11-27(22)2)16-5-7-17(8-6-16)30-14-15-4-9-19-20(12-15)32-23(24,25)31-19/h4-12,18H,3,13-14H2,1-2H3. The lowest BCUT2D eigenvalue weighted by Crippen LogP contribution is -2.25. The number of ether oxygens (including phenoxy) is 4. The van der Waals surface area contributed by atoms with E-state index in [0.29, 0.717) is 17.9 Å². The summed E-state index contributed by atoms with van der Waals surface area (Å²) < 4.78 is 48.0. The molecule has 4 rings (SSSR count). The molecule has 0 aliphatic carbocycles. The summed E-state index contributed by atoms with van der Waals surface area (Å²) >= 11 is 0. The number of benzene rings is 2. The van der Waals surface area contributed by atoms with Crippen LogP contribution in [-0.2, 0) is 23.2 Å². The predicted octanol–water partition coefficient (Wildman–Crippen LogP) is 4.41. The normalized spacial score (nSPS) is 14.8. The molecule has 0 radical (unpaired) electrons. The third kappa shape index (κ3) is 4.82. The molecule has 32 heavy (non-hydrogen) atoms. The quantitative estimate of drug-likeness (QED) is 0.480. The summed E-state index contributed by atoms with van der Waals surface area (Å²) in [6.07, 6.45) is 0.0318. The highest BCUT2D eigenvalue weighted by atomic mass is 19.3. The number of alkyl halides is 2. The van der Waals surface area contributed by atoms with Crippen molar-refractivity contribution >= 4 is 5.97 Å². The smallest absolute Gasteiger partial charge is 0.489 e. The third-order valence-corrected chi connectivity index (χ3v) is 5.00. The number of aromatic nitrogens is 2. The zero-order valence-corrected chi connectivity index (χ0v) is 17.6. The van der Waals surface area contributed by atoms with Gasteiger partial charge in [0, 0.05) is 19.4 Å². The van der Waals surface area contributed by atoms with Gasteiger partial charge in [-0.2, -0.15) is 0 Å². The van der Waals surface area contributed by atoms with Crippen molar-refractivity contribution in [2.24, 2.45) is 7.05 Å². The van der Waals surface area contributed by atoms with Gasteiger partial charge in [0.25, 0.3) is 0 Å². The second-order valence-electron chi connectivity index (χ2n) is 7.26. The van der Waals surface area contributed by atoms with E-state index in [-0.39, 0.29) is 36.4 Å². The Labute approximate surface area is 183 Å². The Morgan fingerprint density at radius 1 is 1.16 bits per heavy atom. The van der Waals surface area contributed by atoms with E-state index in [9.17, 15) is 13.6 Å². The number of imidazole rings is 1. The first-order valence-corrected chi connectivity index (χ1v) is 10.1. The Morgan fingerprint density at radius 3 is 2.59 bits per heavy atom. The van der Waals surface area contributed by atoms with Crippen LogP contribution in [0.5, 0.6) is 17.2 Å². The van der Waals surface area contributed by atoms with Gasteiger partial charge in [-0.1, -0.05) is 18.2 Å². The van der Waals surface area contributed by atoms with Gasteiger partial charge < -0.3 is 23.5 Å². The van der Waals surface area contributed by atoms with Gasteiger partial charge in [-0.3, -0.25) is 4.79 Å². The van der Waals surface area contributed by atoms with Crippen molar-refractivity contribution in [1.82, 2.24) is 9.55 Å². The summed E-state index contributed by atoms with van der Waals surface area (Å²) in [5, 5.41) is 0. The molecule has 0 N–H and O–H groups in total. The number of carbonyl (C=O) groups is 1. The number of carbonyl (C=O) groups excluding carboxylic acids is 1. The maximum absolute atomic E-state index is 13.2. The third-order valence-electron chi connectivity index (χ3n) is 5.00. The number of rotatable bonds is 8. The molecule has 1 aliphatic rings. The zero-order valence-electron chi connectivity index (χ0n) is 17.6.